The molecule has 0 radical (unpaired) electrons. The van der Waals surface area contributed by atoms with Crippen LogP contribution in [0.2, 0.25) is 0 Å². The van der Waals surface area contributed by atoms with Gasteiger partial charge in [-0.1, -0.05) is 6.92 Å². The van der Waals surface area contributed by atoms with Gasteiger partial charge in [-0.2, -0.15) is 0 Å². The number of piperidine rings is 1. The number of likely N-dealkylation sites (tertiary alicyclic amines) is 1. The van der Waals surface area contributed by atoms with Gasteiger partial charge in [0.25, 0.3) is 5.91 Å². The van der Waals surface area contributed by atoms with Crippen molar-refractivity contribution in [2.24, 2.45) is 5.92 Å². The molecule has 1 aliphatic heterocycles. The Hall–Kier alpha value is -1.62. The van der Waals surface area contributed by atoms with Gasteiger partial charge >= 0.3 is 0 Å². The SMILES string of the molecule is Cc1ccnc2sc(C(=O)N3CCC(C)CC3)c(N)c12. The highest BCUT2D eigenvalue weighted by atomic mass is 32.1. The third kappa shape index (κ3) is 2.16. The van der Waals surface area contributed by atoms with Crippen LogP contribution >= 0.6 is 11.3 Å². The summed E-state index contributed by atoms with van der Waals surface area (Å²) >= 11 is 1.41. The molecule has 0 atom stereocenters. The second-order valence-corrected chi connectivity index (χ2v) is 6.63. The molecule has 1 amide bonds. The molecular weight excluding hydrogens is 270 g/mol. The van der Waals surface area contributed by atoms with Crippen molar-refractivity contribution < 1.29 is 4.79 Å². The van der Waals surface area contributed by atoms with Crippen LogP contribution in [0, 0.1) is 12.8 Å². The van der Waals surface area contributed by atoms with Crippen molar-refractivity contribution >= 4 is 33.1 Å². The van der Waals surface area contributed by atoms with Crippen molar-refractivity contribution in [2.45, 2.75) is 26.7 Å². The molecule has 5 heteroatoms. The Bertz CT molecular complexity index is 656. The Labute approximate surface area is 122 Å². The first-order valence-electron chi connectivity index (χ1n) is 7.00. The average Bonchev–Trinajstić information content (AvgIpc) is 2.77. The standard InChI is InChI=1S/C15H19N3OS/c1-9-4-7-18(8-5-9)15(19)13-12(16)11-10(2)3-6-17-14(11)20-13/h3,6,9H,4-5,7-8,16H2,1-2H3. The zero-order valence-corrected chi connectivity index (χ0v) is 12.7. The largest absolute Gasteiger partial charge is 0.397 e. The molecule has 2 aromatic rings. The van der Waals surface area contributed by atoms with E-state index in [1.165, 1.54) is 11.3 Å². The number of fused-ring (bicyclic) bond motifs is 1. The lowest BCUT2D eigenvalue weighted by Gasteiger charge is -2.30. The van der Waals surface area contributed by atoms with E-state index in [4.69, 9.17) is 5.73 Å². The number of carbonyl (C=O) groups is 1. The fraction of sp³-hybridized carbons (Fsp3) is 0.467. The molecule has 2 N–H and O–H groups in total. The second-order valence-electron chi connectivity index (χ2n) is 5.63. The zero-order chi connectivity index (χ0) is 14.3. The summed E-state index contributed by atoms with van der Waals surface area (Å²) in [6.45, 7) is 5.91. The Morgan fingerprint density at radius 2 is 2.15 bits per heavy atom. The van der Waals surface area contributed by atoms with Crippen LogP contribution in [0.4, 0.5) is 5.69 Å². The van der Waals surface area contributed by atoms with E-state index in [9.17, 15) is 4.79 Å². The number of nitrogen functional groups attached to an aromatic ring is 1. The van der Waals surface area contributed by atoms with Crippen molar-refractivity contribution in [1.82, 2.24) is 9.88 Å². The van der Waals surface area contributed by atoms with Gasteiger partial charge in [0.15, 0.2) is 0 Å². The first-order valence-corrected chi connectivity index (χ1v) is 7.82. The lowest BCUT2D eigenvalue weighted by atomic mass is 9.99. The number of aromatic nitrogens is 1. The van der Waals surface area contributed by atoms with Crippen LogP contribution < -0.4 is 5.73 Å². The fourth-order valence-electron chi connectivity index (χ4n) is 2.72. The van der Waals surface area contributed by atoms with Gasteiger partial charge in [0.2, 0.25) is 0 Å². The number of amides is 1. The van der Waals surface area contributed by atoms with Crippen molar-refractivity contribution in [2.75, 3.05) is 18.8 Å². The summed E-state index contributed by atoms with van der Waals surface area (Å²) in [7, 11) is 0. The molecule has 4 nitrogen and oxygen atoms in total. The molecule has 0 aliphatic carbocycles. The number of nitrogens with zero attached hydrogens (tertiary/aromatic N) is 2. The van der Waals surface area contributed by atoms with Crippen molar-refractivity contribution in [3.8, 4) is 0 Å². The Kier molecular flexibility index (Phi) is 3.38. The van der Waals surface area contributed by atoms with E-state index in [0.717, 1.165) is 41.7 Å². The van der Waals surface area contributed by atoms with Gasteiger partial charge in [0.1, 0.15) is 9.71 Å². The summed E-state index contributed by atoms with van der Waals surface area (Å²) in [6.07, 6.45) is 3.92. The molecule has 1 fully saturated rings. The number of aryl methyl sites for hydroxylation is 1. The number of pyridine rings is 1. The maximum Gasteiger partial charge on any atom is 0.266 e. The van der Waals surface area contributed by atoms with Gasteiger partial charge in [0.05, 0.1) is 5.69 Å². The van der Waals surface area contributed by atoms with Gasteiger partial charge in [-0.15, -0.1) is 11.3 Å². The summed E-state index contributed by atoms with van der Waals surface area (Å²) in [5, 5.41) is 0.936. The second kappa shape index (κ2) is 5.05. The van der Waals surface area contributed by atoms with E-state index in [2.05, 4.69) is 11.9 Å². The van der Waals surface area contributed by atoms with E-state index in [1.54, 1.807) is 6.20 Å². The summed E-state index contributed by atoms with van der Waals surface area (Å²) < 4.78 is 0. The van der Waals surface area contributed by atoms with Gasteiger partial charge in [0, 0.05) is 24.7 Å². The predicted molar refractivity (Wildman–Crippen MR) is 83.1 cm³/mol. The summed E-state index contributed by atoms with van der Waals surface area (Å²) in [6, 6.07) is 1.93. The minimum atomic E-state index is 0.0665. The lowest BCUT2D eigenvalue weighted by Crippen LogP contribution is -2.37. The molecule has 0 bridgehead atoms. The molecule has 0 aromatic carbocycles. The number of anilines is 1. The van der Waals surface area contributed by atoms with Crippen LogP contribution in [0.25, 0.3) is 10.2 Å². The number of rotatable bonds is 1. The average molecular weight is 289 g/mol. The summed E-state index contributed by atoms with van der Waals surface area (Å²) in [4.78, 5) is 20.4. The van der Waals surface area contributed by atoms with E-state index in [-0.39, 0.29) is 5.91 Å². The van der Waals surface area contributed by atoms with E-state index in [0.29, 0.717) is 16.5 Å². The van der Waals surface area contributed by atoms with Gasteiger partial charge in [-0.3, -0.25) is 4.79 Å². The molecule has 3 rings (SSSR count). The predicted octanol–water partition coefficient (Wildman–Crippen LogP) is 3.06. The molecule has 3 heterocycles. The Morgan fingerprint density at radius 1 is 1.45 bits per heavy atom. The number of thiophene rings is 1. The van der Waals surface area contributed by atoms with Gasteiger partial charge in [-0.05, 0) is 37.3 Å². The van der Waals surface area contributed by atoms with Crippen LogP contribution in [-0.4, -0.2) is 28.9 Å². The van der Waals surface area contributed by atoms with Gasteiger partial charge < -0.3 is 10.6 Å². The van der Waals surface area contributed by atoms with Crippen LogP contribution in [0.15, 0.2) is 12.3 Å². The highest BCUT2D eigenvalue weighted by Crippen LogP contribution is 2.35. The molecule has 20 heavy (non-hydrogen) atoms. The Morgan fingerprint density at radius 3 is 2.80 bits per heavy atom. The molecule has 2 aromatic heterocycles. The first kappa shape index (κ1) is 13.4. The highest BCUT2D eigenvalue weighted by Gasteiger charge is 2.25. The topological polar surface area (TPSA) is 59.2 Å². The summed E-state index contributed by atoms with van der Waals surface area (Å²) in [5.41, 5.74) is 7.87. The monoisotopic (exact) mass is 289 g/mol. The highest BCUT2D eigenvalue weighted by molar-refractivity contribution is 7.21. The molecule has 1 aliphatic rings. The van der Waals surface area contributed by atoms with E-state index >= 15 is 0 Å². The minimum Gasteiger partial charge on any atom is -0.397 e. The van der Waals surface area contributed by atoms with E-state index < -0.39 is 0 Å². The first-order chi connectivity index (χ1) is 9.58. The van der Waals surface area contributed by atoms with Crippen molar-refractivity contribution in [1.29, 1.82) is 0 Å². The van der Waals surface area contributed by atoms with Crippen LogP contribution in [0.3, 0.4) is 0 Å². The summed E-state index contributed by atoms with van der Waals surface area (Å²) in [5.74, 6) is 0.777. The molecule has 0 saturated carbocycles. The van der Waals surface area contributed by atoms with Crippen molar-refractivity contribution in [3.63, 3.8) is 0 Å². The maximum absolute atomic E-state index is 12.6. The van der Waals surface area contributed by atoms with E-state index in [1.807, 2.05) is 17.9 Å². The lowest BCUT2D eigenvalue weighted by molar-refractivity contribution is 0.0703. The number of carbonyl (C=O) groups excluding carboxylic acids is 1. The molecule has 1 saturated heterocycles. The number of hydrogen-bond donors (Lipinski definition) is 1. The van der Waals surface area contributed by atoms with Crippen LogP contribution in [-0.2, 0) is 0 Å². The third-order valence-corrected chi connectivity index (χ3v) is 5.20. The smallest absolute Gasteiger partial charge is 0.266 e. The van der Waals surface area contributed by atoms with Crippen LogP contribution in [0.1, 0.15) is 35.0 Å². The maximum atomic E-state index is 12.6. The molecule has 0 unspecified atom stereocenters. The molecule has 106 valence electrons. The van der Waals surface area contributed by atoms with Gasteiger partial charge in [-0.25, -0.2) is 4.98 Å². The number of nitrogens with two attached hydrogens (primary N) is 1. The zero-order valence-electron chi connectivity index (χ0n) is 11.8. The normalized spacial score (nSPS) is 16.8. The van der Waals surface area contributed by atoms with Crippen LogP contribution in [0.5, 0.6) is 0 Å². The Balaban J connectivity index is 1.96. The fourth-order valence-corrected chi connectivity index (χ4v) is 3.83. The molecule has 0 spiro atoms. The number of hydrogen-bond acceptors (Lipinski definition) is 4. The quantitative estimate of drug-likeness (QED) is 0.877. The third-order valence-electron chi connectivity index (χ3n) is 4.10. The van der Waals surface area contributed by atoms with Crippen molar-refractivity contribution in [3.05, 3.63) is 22.7 Å². The molecular formula is C15H19N3OS. The minimum absolute atomic E-state index is 0.0665.